The highest BCUT2D eigenvalue weighted by molar-refractivity contribution is 6.30. The number of hydrogen-bond donors (Lipinski definition) is 0. The van der Waals surface area contributed by atoms with Gasteiger partial charge in [-0.15, -0.1) is 0 Å². The second-order valence-corrected chi connectivity index (χ2v) is 5.12. The summed E-state index contributed by atoms with van der Waals surface area (Å²) in [6.07, 6.45) is 1.53. The number of oxazole rings is 1. The summed E-state index contributed by atoms with van der Waals surface area (Å²) in [5.41, 5.74) is 1.98. The second kappa shape index (κ2) is 4.46. The molecule has 0 atom stereocenters. The fourth-order valence-corrected chi connectivity index (χ4v) is 2.51. The van der Waals surface area contributed by atoms with Gasteiger partial charge >= 0.3 is 5.84 Å². The second-order valence-electron chi connectivity index (χ2n) is 4.68. The van der Waals surface area contributed by atoms with Crippen molar-refractivity contribution in [3.63, 3.8) is 0 Å². The van der Waals surface area contributed by atoms with E-state index in [1.807, 2.05) is 24.3 Å². The Morgan fingerprint density at radius 3 is 2.62 bits per heavy atom. The van der Waals surface area contributed by atoms with Crippen molar-refractivity contribution in [3.8, 4) is 11.3 Å². The normalized spacial score (nSPS) is 11.3. The monoisotopic (exact) mass is 296 g/mol. The summed E-state index contributed by atoms with van der Waals surface area (Å²) < 4.78 is 6.92. The van der Waals surface area contributed by atoms with Gasteiger partial charge in [-0.3, -0.25) is 4.79 Å². The molecule has 2 aromatic carbocycles. The van der Waals surface area contributed by atoms with Crippen LogP contribution < -0.4 is 5.56 Å². The lowest BCUT2D eigenvalue weighted by atomic mass is 10.2. The maximum absolute atomic E-state index is 12.6. The van der Waals surface area contributed by atoms with Gasteiger partial charge in [0.1, 0.15) is 6.26 Å². The fraction of sp³-hybridized carbons (Fsp3) is 0. The molecule has 2 aromatic heterocycles. The molecule has 0 radical (unpaired) electrons. The van der Waals surface area contributed by atoms with Crippen molar-refractivity contribution in [1.29, 1.82) is 0 Å². The number of halogens is 1. The van der Waals surface area contributed by atoms with Crippen molar-refractivity contribution in [2.45, 2.75) is 0 Å². The van der Waals surface area contributed by atoms with Gasteiger partial charge in [0, 0.05) is 10.6 Å². The van der Waals surface area contributed by atoms with Crippen molar-refractivity contribution < 1.29 is 4.42 Å². The van der Waals surface area contributed by atoms with Gasteiger partial charge in [0.25, 0.3) is 5.56 Å². The van der Waals surface area contributed by atoms with Gasteiger partial charge in [-0.2, -0.15) is 4.98 Å². The molecule has 21 heavy (non-hydrogen) atoms. The van der Waals surface area contributed by atoms with Crippen LogP contribution in [0.3, 0.4) is 0 Å². The molecule has 0 fully saturated rings. The molecule has 0 spiro atoms. The Bertz CT molecular complexity index is 1020. The summed E-state index contributed by atoms with van der Waals surface area (Å²) in [6, 6.07) is 14.4. The molecule has 0 aliphatic rings. The zero-order valence-corrected chi connectivity index (χ0v) is 11.5. The van der Waals surface area contributed by atoms with Crippen molar-refractivity contribution in [3.05, 3.63) is 70.2 Å². The lowest BCUT2D eigenvalue weighted by Crippen LogP contribution is -2.14. The smallest absolute Gasteiger partial charge is 0.309 e. The van der Waals surface area contributed by atoms with E-state index in [1.165, 1.54) is 10.7 Å². The van der Waals surface area contributed by atoms with E-state index in [0.717, 1.165) is 5.56 Å². The van der Waals surface area contributed by atoms with Crippen LogP contribution in [0.5, 0.6) is 0 Å². The van der Waals surface area contributed by atoms with Crippen LogP contribution in [0.25, 0.3) is 28.0 Å². The molecule has 0 aliphatic carbocycles. The van der Waals surface area contributed by atoms with Crippen molar-refractivity contribution in [1.82, 2.24) is 9.38 Å². The third-order valence-electron chi connectivity index (χ3n) is 3.40. The third-order valence-corrected chi connectivity index (χ3v) is 3.65. The molecule has 0 bridgehead atoms. The predicted molar refractivity (Wildman–Crippen MR) is 81.7 cm³/mol. The van der Waals surface area contributed by atoms with Crippen LogP contribution in [0.2, 0.25) is 5.02 Å². The Hall–Kier alpha value is -2.59. The van der Waals surface area contributed by atoms with Crippen LogP contribution in [0.15, 0.2) is 64.0 Å². The van der Waals surface area contributed by atoms with Crippen LogP contribution in [0, 0.1) is 0 Å². The summed E-state index contributed by atoms with van der Waals surface area (Å²) in [4.78, 5) is 17.0. The van der Waals surface area contributed by atoms with E-state index < -0.39 is 0 Å². The molecule has 4 rings (SSSR count). The van der Waals surface area contributed by atoms with E-state index in [1.54, 1.807) is 24.3 Å². The fourth-order valence-electron chi connectivity index (χ4n) is 2.38. The van der Waals surface area contributed by atoms with Gasteiger partial charge < -0.3 is 4.42 Å². The van der Waals surface area contributed by atoms with Crippen LogP contribution in [-0.4, -0.2) is 9.38 Å². The highest BCUT2D eigenvalue weighted by Crippen LogP contribution is 2.23. The quantitative estimate of drug-likeness (QED) is 0.537. The highest BCUT2D eigenvalue weighted by atomic mass is 35.5. The minimum absolute atomic E-state index is 0.144. The summed E-state index contributed by atoms with van der Waals surface area (Å²) in [7, 11) is 0. The first-order valence-corrected chi connectivity index (χ1v) is 6.77. The molecular formula is C16H9ClN2O2. The SMILES string of the molecule is O=c1c2ccccc2nc2occ(-c3ccc(Cl)cc3)n12. The topological polar surface area (TPSA) is 47.5 Å². The number of nitrogens with zero attached hydrogens (tertiary/aromatic N) is 2. The van der Waals surface area contributed by atoms with Gasteiger partial charge in [0.15, 0.2) is 0 Å². The van der Waals surface area contributed by atoms with E-state index >= 15 is 0 Å². The standard InChI is InChI=1S/C16H9ClN2O2/c17-11-7-5-10(6-8-11)14-9-21-16-18-13-4-2-1-3-12(13)15(20)19(14)16/h1-9H. The summed E-state index contributed by atoms with van der Waals surface area (Å²) in [5.74, 6) is 0.281. The van der Waals surface area contributed by atoms with Gasteiger partial charge in [-0.1, -0.05) is 35.9 Å². The molecule has 0 saturated heterocycles. The number of benzene rings is 2. The van der Waals surface area contributed by atoms with E-state index in [4.69, 9.17) is 16.0 Å². The Labute approximate surface area is 124 Å². The molecule has 0 aliphatic heterocycles. The molecule has 0 saturated carbocycles. The van der Waals surface area contributed by atoms with E-state index in [9.17, 15) is 4.79 Å². The summed E-state index contributed by atoms with van der Waals surface area (Å²) in [6.45, 7) is 0. The van der Waals surface area contributed by atoms with Crippen molar-refractivity contribution in [2.24, 2.45) is 0 Å². The molecule has 0 unspecified atom stereocenters. The molecular weight excluding hydrogens is 288 g/mol. The molecule has 4 nitrogen and oxygen atoms in total. The molecule has 5 heteroatoms. The molecule has 4 aromatic rings. The lowest BCUT2D eigenvalue weighted by molar-refractivity contribution is 0.593. The van der Waals surface area contributed by atoms with E-state index in [-0.39, 0.29) is 11.4 Å². The number of para-hydroxylation sites is 1. The Kier molecular flexibility index (Phi) is 2.59. The number of fused-ring (bicyclic) bond motifs is 2. The first-order valence-electron chi connectivity index (χ1n) is 6.39. The Balaban J connectivity index is 2.10. The minimum atomic E-state index is -0.144. The predicted octanol–water partition coefficient (Wildman–Crippen LogP) is 3.76. The molecule has 0 N–H and O–H groups in total. The first kappa shape index (κ1) is 12.2. The maximum atomic E-state index is 12.6. The van der Waals surface area contributed by atoms with Gasteiger partial charge in [-0.05, 0) is 24.3 Å². The summed E-state index contributed by atoms with van der Waals surface area (Å²) >= 11 is 5.90. The zero-order valence-electron chi connectivity index (χ0n) is 10.8. The number of rotatable bonds is 1. The molecule has 0 amide bonds. The van der Waals surface area contributed by atoms with Gasteiger partial charge in [0.05, 0.1) is 16.6 Å². The van der Waals surface area contributed by atoms with Gasteiger partial charge in [-0.25, -0.2) is 4.40 Å². The van der Waals surface area contributed by atoms with Crippen LogP contribution >= 0.6 is 11.6 Å². The van der Waals surface area contributed by atoms with E-state index in [0.29, 0.717) is 21.6 Å². The highest BCUT2D eigenvalue weighted by Gasteiger charge is 2.13. The first-order chi connectivity index (χ1) is 10.2. The average Bonchev–Trinajstić information content (AvgIpc) is 2.92. The Morgan fingerprint density at radius 2 is 1.81 bits per heavy atom. The zero-order chi connectivity index (χ0) is 14.4. The Morgan fingerprint density at radius 1 is 1.05 bits per heavy atom. The average molecular weight is 297 g/mol. The molecule has 2 heterocycles. The maximum Gasteiger partial charge on any atom is 0.309 e. The van der Waals surface area contributed by atoms with Crippen LogP contribution in [-0.2, 0) is 0 Å². The van der Waals surface area contributed by atoms with Crippen molar-refractivity contribution in [2.75, 3.05) is 0 Å². The van der Waals surface area contributed by atoms with Gasteiger partial charge in [0.2, 0.25) is 0 Å². The largest absolute Gasteiger partial charge is 0.431 e. The van der Waals surface area contributed by atoms with Crippen molar-refractivity contribution >= 4 is 28.3 Å². The van der Waals surface area contributed by atoms with Crippen LogP contribution in [0.4, 0.5) is 0 Å². The van der Waals surface area contributed by atoms with E-state index in [2.05, 4.69) is 4.98 Å². The van der Waals surface area contributed by atoms with Crippen LogP contribution in [0.1, 0.15) is 0 Å². The molecule has 102 valence electrons. The number of hydrogen-bond acceptors (Lipinski definition) is 3. The summed E-state index contributed by atoms with van der Waals surface area (Å²) in [5, 5.41) is 1.20. The third kappa shape index (κ3) is 1.84. The minimum Gasteiger partial charge on any atom is -0.431 e. The lowest BCUT2D eigenvalue weighted by Gasteiger charge is -2.01. The number of aromatic nitrogens is 2.